The zero-order valence-corrected chi connectivity index (χ0v) is 25.3. The average molecular weight is 495 g/mol. The second kappa shape index (κ2) is 23.8. The molecule has 35 heavy (non-hydrogen) atoms. The molecule has 0 fully saturated rings. The van der Waals surface area contributed by atoms with Crippen molar-refractivity contribution in [3.63, 3.8) is 0 Å². The van der Waals surface area contributed by atoms with E-state index in [1.807, 2.05) is 6.92 Å². The number of rotatable bonds is 25. The zero-order valence-electron chi connectivity index (χ0n) is 25.3. The van der Waals surface area contributed by atoms with E-state index in [9.17, 15) is 4.79 Å². The van der Waals surface area contributed by atoms with Gasteiger partial charge in [0.1, 0.15) is 0 Å². The first kappa shape index (κ1) is 34.5. The predicted octanol–water partition coefficient (Wildman–Crippen LogP) is 11.2. The Bertz CT molecular complexity index is 456. The van der Waals surface area contributed by atoms with Crippen LogP contribution in [0.1, 0.15) is 170 Å². The molecule has 210 valence electrons. The number of carbonyl (C=O) groups excluding carboxylic acids is 1. The smallest absolute Gasteiger partial charge is 0.308 e. The summed E-state index contributed by atoms with van der Waals surface area (Å²) in [6, 6.07) is 0. The first-order valence-electron chi connectivity index (χ1n) is 15.9. The summed E-state index contributed by atoms with van der Waals surface area (Å²) < 4.78 is 5.55. The molecule has 0 heterocycles. The highest BCUT2D eigenvalue weighted by Crippen LogP contribution is 2.22. The number of hydrogen-bond acceptors (Lipinski definition) is 2. The predicted molar refractivity (Wildman–Crippen MR) is 156 cm³/mol. The first-order chi connectivity index (χ1) is 16.7. The van der Waals surface area contributed by atoms with Crippen LogP contribution in [0.3, 0.4) is 0 Å². The Morgan fingerprint density at radius 3 is 1.31 bits per heavy atom. The number of ether oxygens (including phenoxy) is 1. The Morgan fingerprint density at radius 2 is 0.829 bits per heavy atom. The van der Waals surface area contributed by atoms with E-state index in [2.05, 4.69) is 41.5 Å². The van der Waals surface area contributed by atoms with E-state index in [-0.39, 0.29) is 11.9 Å². The van der Waals surface area contributed by atoms with Crippen molar-refractivity contribution in [2.45, 2.75) is 170 Å². The van der Waals surface area contributed by atoms with E-state index in [0.717, 1.165) is 42.9 Å². The molecule has 0 amide bonds. The maximum Gasteiger partial charge on any atom is 0.308 e. The van der Waals surface area contributed by atoms with Gasteiger partial charge in [-0.1, -0.05) is 158 Å². The minimum atomic E-state index is 0.0225. The van der Waals surface area contributed by atoms with Crippen LogP contribution in [-0.2, 0) is 9.53 Å². The average Bonchev–Trinajstić information content (AvgIpc) is 2.79. The van der Waals surface area contributed by atoms with Gasteiger partial charge in [0.15, 0.2) is 0 Å². The molecule has 0 aliphatic heterocycles. The molecular weight excluding hydrogens is 428 g/mol. The van der Waals surface area contributed by atoms with Crippen LogP contribution in [-0.4, -0.2) is 12.6 Å². The topological polar surface area (TPSA) is 26.3 Å². The molecule has 0 rings (SSSR count). The van der Waals surface area contributed by atoms with Crippen molar-refractivity contribution in [2.24, 2.45) is 29.6 Å². The summed E-state index contributed by atoms with van der Waals surface area (Å²) in [5, 5.41) is 0. The molecule has 2 nitrogen and oxygen atoms in total. The van der Waals surface area contributed by atoms with Crippen molar-refractivity contribution in [3.05, 3.63) is 0 Å². The maximum absolute atomic E-state index is 12.3. The van der Waals surface area contributed by atoms with Crippen molar-refractivity contribution < 1.29 is 9.53 Å². The van der Waals surface area contributed by atoms with Gasteiger partial charge in [-0.3, -0.25) is 4.79 Å². The molecule has 0 aliphatic carbocycles. The van der Waals surface area contributed by atoms with Gasteiger partial charge in [-0.05, 0) is 36.5 Å². The van der Waals surface area contributed by atoms with Gasteiger partial charge < -0.3 is 4.74 Å². The molecule has 0 bridgehead atoms. The highest BCUT2D eigenvalue weighted by atomic mass is 16.5. The standard InChI is InChI=1S/C33H66O2/c1-28(2)20-15-13-11-9-8-10-12-14-16-27-35-33(34)32(7)26-19-25-31(6)24-18-23-30(5)22-17-21-29(3)4/h28-32H,8-27H2,1-7H3. The SMILES string of the molecule is CC(C)CCCCCCCCCCCOC(=O)C(C)CCCC(C)CCCC(C)CCCC(C)C. The second-order valence-corrected chi connectivity index (χ2v) is 12.8. The molecule has 3 unspecified atom stereocenters. The van der Waals surface area contributed by atoms with Gasteiger partial charge in [-0.25, -0.2) is 0 Å². The van der Waals surface area contributed by atoms with Crippen LogP contribution < -0.4 is 0 Å². The summed E-state index contributed by atoms with van der Waals surface area (Å²) in [5.41, 5.74) is 0. The molecule has 0 spiro atoms. The van der Waals surface area contributed by atoms with Gasteiger partial charge in [0.25, 0.3) is 0 Å². The Labute approximate surface area is 222 Å². The number of hydrogen-bond donors (Lipinski definition) is 0. The Balaban J connectivity index is 3.53. The van der Waals surface area contributed by atoms with E-state index < -0.39 is 0 Å². The van der Waals surface area contributed by atoms with Crippen LogP contribution in [0.5, 0.6) is 0 Å². The fraction of sp³-hybridized carbons (Fsp3) is 0.970. The van der Waals surface area contributed by atoms with Crippen LogP contribution in [0.2, 0.25) is 0 Å². The second-order valence-electron chi connectivity index (χ2n) is 12.8. The molecule has 0 aromatic heterocycles. The fourth-order valence-electron chi connectivity index (χ4n) is 5.08. The molecule has 3 atom stereocenters. The lowest BCUT2D eigenvalue weighted by atomic mass is 9.91. The van der Waals surface area contributed by atoms with E-state index in [1.54, 1.807) is 0 Å². The van der Waals surface area contributed by atoms with Gasteiger partial charge in [0.05, 0.1) is 12.5 Å². The molecule has 0 aromatic rings. The van der Waals surface area contributed by atoms with Crippen LogP contribution in [0.25, 0.3) is 0 Å². The monoisotopic (exact) mass is 495 g/mol. The number of esters is 1. The summed E-state index contributed by atoms with van der Waals surface area (Å²) in [5.74, 6) is 3.43. The minimum absolute atomic E-state index is 0.0225. The molecular formula is C33H66O2. The van der Waals surface area contributed by atoms with Gasteiger partial charge in [-0.15, -0.1) is 0 Å². The molecule has 0 aromatic carbocycles. The lowest BCUT2D eigenvalue weighted by molar-refractivity contribution is -0.148. The Kier molecular flexibility index (Phi) is 23.5. The van der Waals surface area contributed by atoms with E-state index >= 15 is 0 Å². The third kappa shape index (κ3) is 24.9. The molecule has 0 aliphatic rings. The lowest BCUT2D eigenvalue weighted by Crippen LogP contribution is -2.15. The summed E-state index contributed by atoms with van der Waals surface area (Å²) in [6.07, 6.45) is 24.8. The van der Waals surface area contributed by atoms with Crippen molar-refractivity contribution >= 4 is 5.97 Å². The fourth-order valence-corrected chi connectivity index (χ4v) is 5.08. The lowest BCUT2D eigenvalue weighted by Gasteiger charge is -2.16. The summed E-state index contributed by atoms with van der Waals surface area (Å²) >= 11 is 0. The highest BCUT2D eigenvalue weighted by molar-refractivity contribution is 5.71. The Morgan fingerprint density at radius 1 is 0.457 bits per heavy atom. The highest BCUT2D eigenvalue weighted by Gasteiger charge is 2.15. The zero-order chi connectivity index (χ0) is 26.3. The summed E-state index contributed by atoms with van der Waals surface area (Å²) in [6.45, 7) is 16.8. The first-order valence-corrected chi connectivity index (χ1v) is 15.9. The molecule has 0 saturated heterocycles. The third-order valence-corrected chi connectivity index (χ3v) is 7.78. The van der Waals surface area contributed by atoms with E-state index in [1.165, 1.54) is 103 Å². The minimum Gasteiger partial charge on any atom is -0.465 e. The van der Waals surface area contributed by atoms with Crippen molar-refractivity contribution in [2.75, 3.05) is 6.61 Å². The largest absolute Gasteiger partial charge is 0.465 e. The van der Waals surface area contributed by atoms with Gasteiger partial charge in [-0.2, -0.15) is 0 Å². The van der Waals surface area contributed by atoms with Crippen molar-refractivity contribution in [3.8, 4) is 0 Å². The third-order valence-electron chi connectivity index (χ3n) is 7.78. The van der Waals surface area contributed by atoms with Crippen molar-refractivity contribution in [1.82, 2.24) is 0 Å². The van der Waals surface area contributed by atoms with E-state index in [4.69, 9.17) is 4.74 Å². The van der Waals surface area contributed by atoms with Gasteiger partial charge in [0, 0.05) is 0 Å². The molecule has 0 radical (unpaired) electrons. The number of carbonyl (C=O) groups is 1. The van der Waals surface area contributed by atoms with Gasteiger partial charge in [0.2, 0.25) is 0 Å². The maximum atomic E-state index is 12.3. The van der Waals surface area contributed by atoms with Crippen LogP contribution in [0.15, 0.2) is 0 Å². The molecule has 2 heteroatoms. The molecule has 0 saturated carbocycles. The quantitative estimate of drug-likeness (QED) is 0.0931. The normalized spacial score (nSPS) is 14.4. The molecule has 0 N–H and O–H groups in total. The Hall–Kier alpha value is -0.530. The van der Waals surface area contributed by atoms with Gasteiger partial charge >= 0.3 is 5.97 Å². The number of unbranched alkanes of at least 4 members (excludes halogenated alkanes) is 8. The van der Waals surface area contributed by atoms with Crippen molar-refractivity contribution in [1.29, 1.82) is 0 Å². The van der Waals surface area contributed by atoms with Crippen LogP contribution >= 0.6 is 0 Å². The summed E-state index contributed by atoms with van der Waals surface area (Å²) in [7, 11) is 0. The summed E-state index contributed by atoms with van der Waals surface area (Å²) in [4.78, 5) is 12.3. The van der Waals surface area contributed by atoms with Crippen LogP contribution in [0, 0.1) is 29.6 Å². The van der Waals surface area contributed by atoms with E-state index in [0.29, 0.717) is 6.61 Å². The van der Waals surface area contributed by atoms with Crippen LogP contribution in [0.4, 0.5) is 0 Å².